The van der Waals surface area contributed by atoms with E-state index in [2.05, 4.69) is 12.2 Å². The molecule has 1 N–H and O–H groups in total. The molecular formula is C13H23NO2. The molecule has 0 aromatic carbocycles. The fraction of sp³-hybridized carbons (Fsp3) is 0.769. The maximum atomic E-state index is 12.2. The van der Waals surface area contributed by atoms with Crippen LogP contribution in [0.1, 0.15) is 40.5 Å². The molecule has 0 amide bonds. The molecule has 1 fully saturated rings. The van der Waals surface area contributed by atoms with Gasteiger partial charge in [0.25, 0.3) is 0 Å². The maximum Gasteiger partial charge on any atom is 0.168 e. The smallest absolute Gasteiger partial charge is 0.168 e. The van der Waals surface area contributed by atoms with Crippen molar-refractivity contribution in [2.45, 2.75) is 46.6 Å². The predicted molar refractivity (Wildman–Crippen MR) is 65.2 cm³/mol. The number of rotatable bonds is 3. The van der Waals surface area contributed by atoms with Crippen LogP contribution in [0.4, 0.5) is 0 Å². The number of Topliss-reactive ketones (excluding diaryl/α,β-unsaturated/α-hetero) is 1. The summed E-state index contributed by atoms with van der Waals surface area (Å²) in [7, 11) is 0. The fourth-order valence-electron chi connectivity index (χ4n) is 1.64. The standard InChI is InChI=1S/C13H23NO2/c1-5-10(2)16-9-11-8-14-7-6-13(3,4)12(11)15/h9-10,14H,5-8H2,1-4H3/b11-9-. The number of carbonyl (C=O) groups excluding carboxylic acids is 1. The van der Waals surface area contributed by atoms with Crippen LogP contribution in [0.2, 0.25) is 0 Å². The molecule has 92 valence electrons. The van der Waals surface area contributed by atoms with Crippen molar-refractivity contribution in [3.8, 4) is 0 Å². The van der Waals surface area contributed by atoms with Crippen LogP contribution in [0.15, 0.2) is 11.8 Å². The van der Waals surface area contributed by atoms with E-state index >= 15 is 0 Å². The van der Waals surface area contributed by atoms with E-state index in [1.54, 1.807) is 6.26 Å². The van der Waals surface area contributed by atoms with Crippen LogP contribution in [0.25, 0.3) is 0 Å². The molecule has 0 radical (unpaired) electrons. The number of hydrogen-bond acceptors (Lipinski definition) is 3. The molecule has 1 aliphatic rings. The van der Waals surface area contributed by atoms with Gasteiger partial charge in [0.1, 0.15) is 0 Å². The largest absolute Gasteiger partial charge is 0.498 e. The molecule has 1 rings (SSSR count). The lowest BCUT2D eigenvalue weighted by Crippen LogP contribution is -2.25. The first-order valence-electron chi connectivity index (χ1n) is 6.07. The summed E-state index contributed by atoms with van der Waals surface area (Å²) in [5, 5.41) is 3.26. The van der Waals surface area contributed by atoms with Gasteiger partial charge in [0.05, 0.1) is 12.4 Å². The summed E-state index contributed by atoms with van der Waals surface area (Å²) in [6.45, 7) is 9.59. The zero-order chi connectivity index (χ0) is 12.2. The van der Waals surface area contributed by atoms with Gasteiger partial charge in [-0.2, -0.15) is 0 Å². The van der Waals surface area contributed by atoms with Gasteiger partial charge in [0, 0.05) is 17.5 Å². The summed E-state index contributed by atoms with van der Waals surface area (Å²) in [4.78, 5) is 12.2. The molecule has 0 bridgehead atoms. The summed E-state index contributed by atoms with van der Waals surface area (Å²) >= 11 is 0. The normalized spacial score (nSPS) is 25.2. The lowest BCUT2D eigenvalue weighted by atomic mass is 9.82. The molecule has 0 saturated carbocycles. The molecule has 16 heavy (non-hydrogen) atoms. The van der Waals surface area contributed by atoms with Crippen molar-refractivity contribution < 1.29 is 9.53 Å². The van der Waals surface area contributed by atoms with Gasteiger partial charge in [-0.15, -0.1) is 0 Å². The van der Waals surface area contributed by atoms with E-state index in [4.69, 9.17) is 4.74 Å². The van der Waals surface area contributed by atoms with Crippen molar-refractivity contribution in [1.82, 2.24) is 5.32 Å². The molecule has 3 nitrogen and oxygen atoms in total. The van der Waals surface area contributed by atoms with E-state index in [0.717, 1.165) is 25.0 Å². The highest BCUT2D eigenvalue weighted by Crippen LogP contribution is 2.26. The molecule has 1 heterocycles. The van der Waals surface area contributed by atoms with Gasteiger partial charge in [-0.05, 0) is 26.3 Å². The second-order valence-electron chi connectivity index (χ2n) is 5.14. The quantitative estimate of drug-likeness (QED) is 0.591. The maximum absolute atomic E-state index is 12.2. The first-order chi connectivity index (χ1) is 7.47. The summed E-state index contributed by atoms with van der Waals surface area (Å²) in [6.07, 6.45) is 3.66. The Morgan fingerprint density at radius 3 is 2.88 bits per heavy atom. The molecular weight excluding hydrogens is 202 g/mol. The summed E-state index contributed by atoms with van der Waals surface area (Å²) in [5.41, 5.74) is 0.497. The van der Waals surface area contributed by atoms with E-state index in [-0.39, 0.29) is 17.3 Å². The first kappa shape index (κ1) is 13.2. The number of ketones is 1. The van der Waals surface area contributed by atoms with Crippen LogP contribution >= 0.6 is 0 Å². The Balaban J connectivity index is 2.73. The van der Waals surface area contributed by atoms with Gasteiger partial charge < -0.3 is 10.1 Å². The van der Waals surface area contributed by atoms with E-state index < -0.39 is 0 Å². The van der Waals surface area contributed by atoms with Gasteiger partial charge in [-0.25, -0.2) is 0 Å². The van der Waals surface area contributed by atoms with Gasteiger partial charge in [-0.1, -0.05) is 20.8 Å². The SMILES string of the molecule is CCC(C)O/C=C1/CNCCC(C)(C)C1=O. The highest BCUT2D eigenvalue weighted by Gasteiger charge is 2.32. The molecule has 1 aliphatic heterocycles. The van der Waals surface area contributed by atoms with Crippen LogP contribution in [-0.2, 0) is 9.53 Å². The van der Waals surface area contributed by atoms with Crippen molar-refractivity contribution in [3.63, 3.8) is 0 Å². The van der Waals surface area contributed by atoms with E-state index in [1.807, 2.05) is 20.8 Å². The Morgan fingerprint density at radius 1 is 1.56 bits per heavy atom. The zero-order valence-corrected chi connectivity index (χ0v) is 10.8. The molecule has 1 unspecified atom stereocenters. The third-order valence-electron chi connectivity index (χ3n) is 3.17. The van der Waals surface area contributed by atoms with Crippen LogP contribution in [0.5, 0.6) is 0 Å². The Labute approximate surface area is 98.2 Å². The zero-order valence-electron chi connectivity index (χ0n) is 10.8. The number of ether oxygens (including phenoxy) is 1. The lowest BCUT2D eigenvalue weighted by Gasteiger charge is -2.20. The Bertz CT molecular complexity index is 282. The fourth-order valence-corrected chi connectivity index (χ4v) is 1.64. The monoisotopic (exact) mass is 225 g/mol. The van der Waals surface area contributed by atoms with Crippen molar-refractivity contribution in [2.75, 3.05) is 13.1 Å². The van der Waals surface area contributed by atoms with Gasteiger partial charge in [-0.3, -0.25) is 4.79 Å². The summed E-state index contributed by atoms with van der Waals surface area (Å²) < 4.78 is 5.53. The molecule has 0 aromatic heterocycles. The molecule has 3 heteroatoms. The summed E-state index contributed by atoms with van der Waals surface area (Å²) in [6, 6.07) is 0. The molecule has 1 saturated heterocycles. The minimum absolute atomic E-state index is 0.173. The van der Waals surface area contributed by atoms with Crippen LogP contribution < -0.4 is 5.32 Å². The second-order valence-corrected chi connectivity index (χ2v) is 5.14. The Kier molecular flexibility index (Phi) is 4.54. The second kappa shape index (κ2) is 5.48. The number of nitrogens with one attached hydrogen (secondary N) is 1. The number of carbonyl (C=O) groups is 1. The van der Waals surface area contributed by atoms with Crippen molar-refractivity contribution in [2.24, 2.45) is 5.41 Å². The Hall–Kier alpha value is -0.830. The topological polar surface area (TPSA) is 38.3 Å². The van der Waals surface area contributed by atoms with E-state index in [9.17, 15) is 4.79 Å². The van der Waals surface area contributed by atoms with Crippen LogP contribution in [-0.4, -0.2) is 25.0 Å². The van der Waals surface area contributed by atoms with Crippen LogP contribution in [0.3, 0.4) is 0 Å². The van der Waals surface area contributed by atoms with Gasteiger partial charge >= 0.3 is 0 Å². The van der Waals surface area contributed by atoms with Crippen LogP contribution in [0, 0.1) is 5.41 Å². The molecule has 1 atom stereocenters. The van der Waals surface area contributed by atoms with E-state index in [1.165, 1.54) is 0 Å². The third kappa shape index (κ3) is 3.34. The predicted octanol–water partition coefficient (Wildman–Crippen LogP) is 2.27. The highest BCUT2D eigenvalue weighted by molar-refractivity contribution is 5.99. The first-order valence-corrected chi connectivity index (χ1v) is 6.07. The lowest BCUT2D eigenvalue weighted by molar-refractivity contribution is -0.123. The molecule has 0 aliphatic carbocycles. The molecule has 0 aromatic rings. The average Bonchev–Trinajstić information content (AvgIpc) is 2.37. The van der Waals surface area contributed by atoms with Gasteiger partial charge in [0.2, 0.25) is 0 Å². The van der Waals surface area contributed by atoms with E-state index in [0.29, 0.717) is 6.54 Å². The highest BCUT2D eigenvalue weighted by atomic mass is 16.5. The van der Waals surface area contributed by atoms with Crippen molar-refractivity contribution in [1.29, 1.82) is 0 Å². The number of hydrogen-bond donors (Lipinski definition) is 1. The molecule has 0 spiro atoms. The van der Waals surface area contributed by atoms with Gasteiger partial charge in [0.15, 0.2) is 5.78 Å². The minimum atomic E-state index is -0.270. The third-order valence-corrected chi connectivity index (χ3v) is 3.17. The van der Waals surface area contributed by atoms with Crippen molar-refractivity contribution >= 4 is 5.78 Å². The summed E-state index contributed by atoms with van der Waals surface area (Å²) in [5.74, 6) is 0.209. The Morgan fingerprint density at radius 2 is 2.25 bits per heavy atom. The average molecular weight is 225 g/mol. The van der Waals surface area contributed by atoms with Crippen molar-refractivity contribution in [3.05, 3.63) is 11.8 Å². The minimum Gasteiger partial charge on any atom is -0.498 e.